The molecule has 0 bridgehead atoms. The molecule has 0 heterocycles. The number of halogens is 3. The van der Waals surface area contributed by atoms with E-state index in [-0.39, 0.29) is 0 Å². The minimum absolute atomic E-state index is 0.337. The van der Waals surface area contributed by atoms with Crippen LogP contribution in [0.4, 0.5) is 0 Å². The molecule has 74 valence electrons. The quantitative estimate of drug-likeness (QED) is 0.500. The Hall–Kier alpha value is 1.09. The Bertz CT molecular complexity index is 118. The van der Waals surface area contributed by atoms with Crippen LogP contribution >= 0.6 is 33.2 Å². The molecule has 0 rings (SSSR count). The summed E-state index contributed by atoms with van der Waals surface area (Å²) < 4.78 is 0. The van der Waals surface area contributed by atoms with Crippen molar-refractivity contribution in [3.8, 4) is 0 Å². The molecular formula is C8H17Cl3Si. The van der Waals surface area contributed by atoms with Crippen LogP contribution in [0.5, 0.6) is 0 Å². The molecule has 0 aliphatic carbocycles. The second-order valence-corrected chi connectivity index (χ2v) is 13.9. The molecule has 0 aliphatic heterocycles. The molecule has 0 spiro atoms. The highest BCUT2D eigenvalue weighted by Crippen LogP contribution is 2.34. The van der Waals surface area contributed by atoms with Crippen molar-refractivity contribution in [3.05, 3.63) is 0 Å². The zero-order valence-corrected chi connectivity index (χ0v) is 11.4. The van der Waals surface area contributed by atoms with E-state index in [0.717, 1.165) is 12.5 Å². The third-order valence-electron chi connectivity index (χ3n) is 1.54. The molecule has 0 saturated carbocycles. The Morgan fingerprint density at radius 1 is 1.17 bits per heavy atom. The lowest BCUT2D eigenvalue weighted by atomic mass is 9.86. The summed E-state index contributed by atoms with van der Waals surface area (Å²) in [4.78, 5) is 0. The van der Waals surface area contributed by atoms with Gasteiger partial charge in [0.05, 0.1) is 0 Å². The van der Waals surface area contributed by atoms with Gasteiger partial charge in [0, 0.05) is 0 Å². The highest BCUT2D eigenvalue weighted by molar-refractivity contribution is 7.64. The maximum Gasteiger partial charge on any atom is 0.341 e. The van der Waals surface area contributed by atoms with E-state index in [4.69, 9.17) is 33.2 Å². The smallest absolute Gasteiger partial charge is 0.126 e. The van der Waals surface area contributed by atoms with Gasteiger partial charge in [-0.15, -0.1) is 33.2 Å². The molecule has 0 aromatic carbocycles. The molecule has 0 aromatic heterocycles. The number of hydrogen-bond acceptors (Lipinski definition) is 0. The minimum atomic E-state index is -2.40. The molecule has 0 saturated heterocycles. The van der Waals surface area contributed by atoms with Crippen LogP contribution in [-0.4, -0.2) is 6.00 Å². The molecule has 0 aliphatic rings. The predicted octanol–water partition coefficient (Wildman–Crippen LogP) is 4.71. The summed E-state index contributed by atoms with van der Waals surface area (Å²) in [5, 5.41) is 0. The predicted molar refractivity (Wildman–Crippen MR) is 61.4 cm³/mol. The second kappa shape index (κ2) is 4.54. The summed E-state index contributed by atoms with van der Waals surface area (Å²) in [6, 6.07) is -1.63. The lowest BCUT2D eigenvalue weighted by Crippen LogP contribution is -2.18. The van der Waals surface area contributed by atoms with Crippen LogP contribution in [0.3, 0.4) is 0 Å². The molecule has 1 atom stereocenters. The monoisotopic (exact) mass is 246 g/mol. The lowest BCUT2D eigenvalue weighted by molar-refractivity contribution is 0.320. The van der Waals surface area contributed by atoms with E-state index in [0.29, 0.717) is 11.3 Å². The van der Waals surface area contributed by atoms with Crippen molar-refractivity contribution in [2.75, 3.05) is 0 Å². The average molecular weight is 248 g/mol. The molecule has 12 heavy (non-hydrogen) atoms. The van der Waals surface area contributed by atoms with Crippen LogP contribution in [-0.2, 0) is 0 Å². The Balaban J connectivity index is 3.83. The van der Waals surface area contributed by atoms with Crippen LogP contribution in [0.15, 0.2) is 0 Å². The van der Waals surface area contributed by atoms with Crippen LogP contribution in [0.1, 0.15) is 34.1 Å². The van der Waals surface area contributed by atoms with Crippen molar-refractivity contribution in [1.29, 1.82) is 0 Å². The van der Waals surface area contributed by atoms with Crippen molar-refractivity contribution >= 4 is 39.2 Å². The fraction of sp³-hybridized carbons (Fsp3) is 1.00. The van der Waals surface area contributed by atoms with E-state index in [9.17, 15) is 0 Å². The molecular weight excluding hydrogens is 231 g/mol. The van der Waals surface area contributed by atoms with Crippen molar-refractivity contribution in [3.63, 3.8) is 0 Å². The van der Waals surface area contributed by atoms with E-state index in [1.165, 1.54) is 0 Å². The van der Waals surface area contributed by atoms with E-state index in [1.807, 2.05) is 0 Å². The molecule has 0 fully saturated rings. The first-order chi connectivity index (χ1) is 5.10. The topological polar surface area (TPSA) is 0 Å². The molecule has 1 unspecified atom stereocenters. The van der Waals surface area contributed by atoms with Gasteiger partial charge < -0.3 is 0 Å². The summed E-state index contributed by atoms with van der Waals surface area (Å²) >= 11 is 17.5. The first-order valence-electron chi connectivity index (χ1n) is 4.17. The van der Waals surface area contributed by atoms with Crippen LogP contribution in [0.2, 0.25) is 6.04 Å². The zero-order chi connectivity index (χ0) is 9.99. The SMILES string of the molecule is CC(CC(C)(C)C)C[Si](Cl)(Cl)Cl. The number of rotatable bonds is 3. The molecule has 0 radical (unpaired) electrons. The van der Waals surface area contributed by atoms with Crippen LogP contribution in [0.25, 0.3) is 0 Å². The van der Waals surface area contributed by atoms with Gasteiger partial charge in [0.2, 0.25) is 0 Å². The van der Waals surface area contributed by atoms with Crippen molar-refractivity contribution in [1.82, 2.24) is 0 Å². The maximum atomic E-state index is 5.83. The second-order valence-electron chi connectivity index (χ2n) is 4.69. The van der Waals surface area contributed by atoms with Gasteiger partial charge >= 0.3 is 6.00 Å². The number of hydrogen-bond donors (Lipinski definition) is 0. The van der Waals surface area contributed by atoms with Gasteiger partial charge in [-0.2, -0.15) is 0 Å². The van der Waals surface area contributed by atoms with Crippen molar-refractivity contribution in [2.24, 2.45) is 11.3 Å². The Kier molecular flexibility index (Phi) is 4.95. The highest BCUT2D eigenvalue weighted by Gasteiger charge is 2.29. The Morgan fingerprint density at radius 3 is 1.83 bits per heavy atom. The van der Waals surface area contributed by atoms with Crippen molar-refractivity contribution in [2.45, 2.75) is 40.2 Å². The third kappa shape index (κ3) is 9.18. The fourth-order valence-electron chi connectivity index (χ4n) is 1.51. The molecule has 0 aromatic rings. The van der Waals surface area contributed by atoms with Crippen LogP contribution in [0, 0.1) is 11.3 Å². The first-order valence-corrected chi connectivity index (χ1v) is 9.41. The summed E-state index contributed by atoms with van der Waals surface area (Å²) in [5.41, 5.74) is 0.337. The summed E-state index contributed by atoms with van der Waals surface area (Å²) in [5.74, 6) is 0.518. The molecule has 4 heteroatoms. The van der Waals surface area contributed by atoms with E-state index < -0.39 is 6.00 Å². The van der Waals surface area contributed by atoms with Gasteiger partial charge in [-0.1, -0.05) is 27.7 Å². The largest absolute Gasteiger partial charge is 0.341 e. The Morgan fingerprint density at radius 2 is 1.58 bits per heavy atom. The summed E-state index contributed by atoms with van der Waals surface area (Å²) in [7, 11) is 0. The van der Waals surface area contributed by atoms with Gasteiger partial charge in [0.25, 0.3) is 0 Å². The maximum absolute atomic E-state index is 5.83. The highest BCUT2D eigenvalue weighted by atomic mass is 35.8. The van der Waals surface area contributed by atoms with Crippen LogP contribution < -0.4 is 0 Å². The van der Waals surface area contributed by atoms with E-state index >= 15 is 0 Å². The molecule has 0 nitrogen and oxygen atoms in total. The minimum Gasteiger partial charge on any atom is -0.126 e. The fourth-order valence-corrected chi connectivity index (χ4v) is 4.82. The van der Waals surface area contributed by atoms with Gasteiger partial charge in [-0.25, -0.2) is 0 Å². The molecule has 0 amide bonds. The standard InChI is InChI=1S/C8H17Cl3Si/c1-7(5-8(2,3)4)6-12(9,10)11/h7H,5-6H2,1-4H3. The van der Waals surface area contributed by atoms with E-state index in [1.54, 1.807) is 0 Å². The normalized spacial score (nSPS) is 16.2. The average Bonchev–Trinajstić information content (AvgIpc) is 1.49. The third-order valence-corrected chi connectivity index (χ3v) is 4.09. The lowest BCUT2D eigenvalue weighted by Gasteiger charge is -2.24. The zero-order valence-electron chi connectivity index (χ0n) is 8.13. The Labute approximate surface area is 90.7 Å². The van der Waals surface area contributed by atoms with Gasteiger partial charge in [-0.05, 0) is 23.8 Å². The van der Waals surface area contributed by atoms with Gasteiger partial charge in [0.1, 0.15) is 0 Å². The summed E-state index contributed by atoms with van der Waals surface area (Å²) in [6.45, 7) is 8.79. The summed E-state index contributed by atoms with van der Waals surface area (Å²) in [6.07, 6.45) is 1.12. The van der Waals surface area contributed by atoms with E-state index in [2.05, 4.69) is 27.7 Å². The van der Waals surface area contributed by atoms with Gasteiger partial charge in [0.15, 0.2) is 0 Å². The van der Waals surface area contributed by atoms with Gasteiger partial charge in [-0.3, -0.25) is 0 Å². The van der Waals surface area contributed by atoms with Crippen molar-refractivity contribution < 1.29 is 0 Å². The first kappa shape index (κ1) is 13.1. The molecule has 0 N–H and O–H groups in total.